The molecule has 0 aliphatic carbocycles. The largest absolute Gasteiger partial charge is 0.434 e. The Hall–Kier alpha value is -3.55. The van der Waals surface area contributed by atoms with Gasteiger partial charge in [0.05, 0.1) is 6.26 Å². The number of aromatic nitrogens is 3. The van der Waals surface area contributed by atoms with Gasteiger partial charge in [0, 0.05) is 23.6 Å². The number of Topliss-reactive ketones (excluding diaryl/α,β-unsaturated/α-hetero) is 3. The molecular formula is C17H13N3O5. The zero-order chi connectivity index (χ0) is 17.8. The molecule has 0 spiro atoms. The molecule has 0 aliphatic heterocycles. The minimum Gasteiger partial charge on any atom is -0.434 e. The summed E-state index contributed by atoms with van der Waals surface area (Å²) in [6.45, 7) is 1.48. The normalized spacial score (nSPS) is 10.4. The summed E-state index contributed by atoms with van der Waals surface area (Å²) in [7, 11) is 0. The topological polar surface area (TPSA) is 115 Å². The van der Waals surface area contributed by atoms with Crippen LogP contribution in [-0.2, 0) is 11.2 Å². The number of rotatable bonds is 7. The van der Waals surface area contributed by atoms with Crippen LogP contribution in [0.15, 0.2) is 47.3 Å². The minimum absolute atomic E-state index is 0.0400. The highest BCUT2D eigenvalue weighted by Gasteiger charge is 2.20. The molecule has 0 fully saturated rings. The Bertz CT molecular complexity index is 910. The predicted octanol–water partition coefficient (Wildman–Crippen LogP) is 2.39. The van der Waals surface area contributed by atoms with E-state index in [1.54, 1.807) is 24.3 Å². The van der Waals surface area contributed by atoms with E-state index >= 15 is 0 Å². The van der Waals surface area contributed by atoms with Crippen molar-refractivity contribution >= 4 is 17.3 Å². The first-order valence-electron chi connectivity index (χ1n) is 7.32. The van der Waals surface area contributed by atoms with Crippen LogP contribution in [0.25, 0.3) is 0 Å². The van der Waals surface area contributed by atoms with Crippen LogP contribution in [-0.4, -0.2) is 32.5 Å². The quantitative estimate of drug-likeness (QED) is 0.519. The van der Waals surface area contributed by atoms with E-state index in [-0.39, 0.29) is 24.0 Å². The zero-order valence-electron chi connectivity index (χ0n) is 13.2. The van der Waals surface area contributed by atoms with Gasteiger partial charge < -0.3 is 9.15 Å². The number of nitrogens with zero attached hydrogens (tertiary/aromatic N) is 2. The maximum atomic E-state index is 11.9. The number of carbonyl (C=O) groups is 3. The second-order valence-corrected chi connectivity index (χ2v) is 5.22. The van der Waals surface area contributed by atoms with Gasteiger partial charge in [-0.05, 0) is 31.2 Å². The molecule has 0 atom stereocenters. The minimum atomic E-state index is -0.749. The molecule has 2 aromatic heterocycles. The standard InChI is InChI=1S/C17H13N3O5/c1-10(21)12-2-4-13(5-3-12)25-15-7-11(8-24-15)6-14(22)16(23)17-18-9-19-20-17/h2-5,7-9H,6H2,1H3,(H,18,19,20). The van der Waals surface area contributed by atoms with Crippen molar-refractivity contribution in [1.82, 2.24) is 15.2 Å². The van der Waals surface area contributed by atoms with Crippen LogP contribution in [0, 0.1) is 0 Å². The highest BCUT2D eigenvalue weighted by atomic mass is 16.6. The molecule has 0 amide bonds. The van der Waals surface area contributed by atoms with Crippen LogP contribution >= 0.6 is 0 Å². The summed E-state index contributed by atoms with van der Waals surface area (Å²) < 4.78 is 10.7. The highest BCUT2D eigenvalue weighted by molar-refractivity contribution is 6.43. The number of benzene rings is 1. The maximum absolute atomic E-state index is 11.9. The molecular weight excluding hydrogens is 326 g/mol. The monoisotopic (exact) mass is 339 g/mol. The molecule has 1 N–H and O–H groups in total. The van der Waals surface area contributed by atoms with Crippen molar-refractivity contribution in [2.24, 2.45) is 0 Å². The lowest BCUT2D eigenvalue weighted by Gasteiger charge is -2.02. The Morgan fingerprint density at radius 2 is 1.96 bits per heavy atom. The van der Waals surface area contributed by atoms with Gasteiger partial charge in [-0.2, -0.15) is 5.10 Å². The lowest BCUT2D eigenvalue weighted by molar-refractivity contribution is -0.114. The molecule has 126 valence electrons. The Labute approximate surface area is 141 Å². The fourth-order valence-corrected chi connectivity index (χ4v) is 2.09. The van der Waals surface area contributed by atoms with E-state index in [2.05, 4.69) is 15.2 Å². The summed E-state index contributed by atoms with van der Waals surface area (Å²) in [5, 5.41) is 5.88. The molecule has 25 heavy (non-hydrogen) atoms. The fraction of sp³-hybridized carbons (Fsp3) is 0.118. The van der Waals surface area contributed by atoms with E-state index in [1.807, 2.05) is 0 Å². The lowest BCUT2D eigenvalue weighted by Crippen LogP contribution is -2.17. The number of ketones is 3. The van der Waals surface area contributed by atoms with Gasteiger partial charge in [0.25, 0.3) is 11.7 Å². The third-order valence-corrected chi connectivity index (χ3v) is 3.36. The van der Waals surface area contributed by atoms with Crippen LogP contribution in [0.4, 0.5) is 0 Å². The summed E-state index contributed by atoms with van der Waals surface area (Å²) in [6, 6.07) is 8.07. The Morgan fingerprint density at radius 3 is 2.60 bits per heavy atom. The third-order valence-electron chi connectivity index (χ3n) is 3.36. The molecule has 8 nitrogen and oxygen atoms in total. The molecule has 1 aromatic carbocycles. The van der Waals surface area contributed by atoms with Gasteiger partial charge in [-0.25, -0.2) is 4.98 Å². The van der Waals surface area contributed by atoms with Gasteiger partial charge in [0.1, 0.15) is 12.1 Å². The second kappa shape index (κ2) is 6.91. The maximum Gasteiger partial charge on any atom is 0.290 e. The molecule has 3 aromatic rings. The smallest absolute Gasteiger partial charge is 0.290 e. The van der Waals surface area contributed by atoms with Crippen LogP contribution in [0.3, 0.4) is 0 Å². The number of ether oxygens (including phenoxy) is 1. The third kappa shape index (κ3) is 3.86. The molecule has 0 saturated heterocycles. The molecule has 3 rings (SSSR count). The van der Waals surface area contributed by atoms with Gasteiger partial charge >= 0.3 is 0 Å². The fourth-order valence-electron chi connectivity index (χ4n) is 2.09. The summed E-state index contributed by atoms with van der Waals surface area (Å²) in [4.78, 5) is 38.6. The Kier molecular flexibility index (Phi) is 4.51. The predicted molar refractivity (Wildman–Crippen MR) is 84.7 cm³/mol. The van der Waals surface area contributed by atoms with Crippen LogP contribution < -0.4 is 4.74 Å². The van der Waals surface area contributed by atoms with Crippen LogP contribution in [0.2, 0.25) is 0 Å². The van der Waals surface area contributed by atoms with Gasteiger partial charge in [0.2, 0.25) is 5.78 Å². The number of hydrogen-bond acceptors (Lipinski definition) is 7. The molecule has 0 aliphatic rings. The lowest BCUT2D eigenvalue weighted by atomic mass is 10.1. The average molecular weight is 339 g/mol. The molecule has 2 heterocycles. The average Bonchev–Trinajstić information content (AvgIpc) is 3.27. The van der Waals surface area contributed by atoms with Gasteiger partial charge in [-0.1, -0.05) is 0 Å². The molecule has 0 radical (unpaired) electrons. The SMILES string of the molecule is CC(=O)c1ccc(Oc2cc(CC(=O)C(=O)c3ncn[nH]3)co2)cc1. The van der Waals surface area contributed by atoms with E-state index in [0.29, 0.717) is 16.9 Å². The van der Waals surface area contributed by atoms with Crippen molar-refractivity contribution in [3.63, 3.8) is 0 Å². The van der Waals surface area contributed by atoms with Gasteiger partial charge in [-0.15, -0.1) is 0 Å². The van der Waals surface area contributed by atoms with Crippen molar-refractivity contribution < 1.29 is 23.5 Å². The van der Waals surface area contributed by atoms with Crippen molar-refractivity contribution in [2.45, 2.75) is 13.3 Å². The Morgan fingerprint density at radius 1 is 1.20 bits per heavy atom. The Balaban J connectivity index is 1.63. The first kappa shape index (κ1) is 16.3. The summed E-state index contributed by atoms with van der Waals surface area (Å²) in [5.41, 5.74) is 1.07. The number of hydrogen-bond donors (Lipinski definition) is 1. The van der Waals surface area contributed by atoms with E-state index in [9.17, 15) is 14.4 Å². The van der Waals surface area contributed by atoms with Gasteiger partial charge in [0.15, 0.2) is 11.6 Å². The van der Waals surface area contributed by atoms with E-state index in [1.165, 1.54) is 19.3 Å². The number of carbonyl (C=O) groups excluding carboxylic acids is 3. The number of nitrogens with one attached hydrogen (secondary N) is 1. The van der Waals surface area contributed by atoms with Crippen LogP contribution in [0.1, 0.15) is 33.5 Å². The molecule has 0 unspecified atom stereocenters. The van der Waals surface area contributed by atoms with Crippen molar-refractivity contribution in [3.8, 4) is 11.7 Å². The number of H-pyrrole nitrogens is 1. The molecule has 0 saturated carbocycles. The van der Waals surface area contributed by atoms with E-state index in [0.717, 1.165) is 6.33 Å². The molecule has 0 bridgehead atoms. The van der Waals surface area contributed by atoms with Gasteiger partial charge in [-0.3, -0.25) is 19.5 Å². The van der Waals surface area contributed by atoms with Crippen LogP contribution in [0.5, 0.6) is 11.7 Å². The van der Waals surface area contributed by atoms with E-state index < -0.39 is 11.6 Å². The highest BCUT2D eigenvalue weighted by Crippen LogP contribution is 2.24. The van der Waals surface area contributed by atoms with Crippen molar-refractivity contribution in [2.75, 3.05) is 0 Å². The summed E-state index contributed by atoms with van der Waals surface area (Å²) in [6.07, 6.45) is 2.35. The summed E-state index contributed by atoms with van der Waals surface area (Å²) >= 11 is 0. The second-order valence-electron chi connectivity index (χ2n) is 5.22. The first-order chi connectivity index (χ1) is 12.0. The van der Waals surface area contributed by atoms with Crippen molar-refractivity contribution in [3.05, 3.63) is 59.9 Å². The van der Waals surface area contributed by atoms with E-state index in [4.69, 9.17) is 9.15 Å². The zero-order valence-corrected chi connectivity index (χ0v) is 13.2. The molecule has 8 heteroatoms. The number of furan rings is 1. The summed E-state index contributed by atoms with van der Waals surface area (Å²) in [5.74, 6) is -0.881. The number of aromatic amines is 1. The van der Waals surface area contributed by atoms with Crippen molar-refractivity contribution in [1.29, 1.82) is 0 Å². The first-order valence-corrected chi connectivity index (χ1v) is 7.32.